The molecule has 0 unspecified atom stereocenters. The van der Waals surface area contributed by atoms with E-state index in [1.165, 1.54) is 12.1 Å². The van der Waals surface area contributed by atoms with Crippen molar-refractivity contribution in [3.63, 3.8) is 0 Å². The molecule has 1 saturated heterocycles. The van der Waals surface area contributed by atoms with E-state index in [9.17, 15) is 8.78 Å². The molecule has 1 aliphatic heterocycles. The Morgan fingerprint density at radius 2 is 2.00 bits per heavy atom. The Hall–Kier alpha value is -1.00. The van der Waals surface area contributed by atoms with Crippen LogP contribution >= 0.6 is 0 Å². The van der Waals surface area contributed by atoms with Crippen molar-refractivity contribution in [1.82, 2.24) is 4.90 Å². The molecule has 17 heavy (non-hydrogen) atoms. The van der Waals surface area contributed by atoms with Gasteiger partial charge in [-0.3, -0.25) is 4.90 Å². The van der Waals surface area contributed by atoms with Gasteiger partial charge >= 0.3 is 0 Å². The van der Waals surface area contributed by atoms with Crippen molar-refractivity contribution >= 4 is 0 Å². The van der Waals surface area contributed by atoms with Crippen LogP contribution in [0.4, 0.5) is 8.78 Å². The molecule has 0 radical (unpaired) electrons. The first-order chi connectivity index (χ1) is 8.00. The third kappa shape index (κ3) is 2.33. The summed E-state index contributed by atoms with van der Waals surface area (Å²) in [5.41, 5.74) is 6.84. The fraction of sp³-hybridized carbons (Fsp3) is 0.538. The van der Waals surface area contributed by atoms with Crippen molar-refractivity contribution in [3.05, 3.63) is 35.4 Å². The Kier molecular flexibility index (Phi) is 3.45. The largest absolute Gasteiger partial charge is 0.326 e. The third-order valence-corrected chi connectivity index (χ3v) is 3.43. The van der Waals surface area contributed by atoms with Gasteiger partial charge in [-0.15, -0.1) is 0 Å². The first-order valence-corrected chi connectivity index (χ1v) is 5.97. The summed E-state index contributed by atoms with van der Waals surface area (Å²) in [5, 5.41) is 0. The van der Waals surface area contributed by atoms with E-state index in [1.807, 2.05) is 0 Å². The van der Waals surface area contributed by atoms with Crippen LogP contribution in [0.3, 0.4) is 0 Å². The molecule has 1 heterocycles. The summed E-state index contributed by atoms with van der Waals surface area (Å²) in [4.78, 5) is 2.23. The van der Waals surface area contributed by atoms with E-state index in [0.717, 1.165) is 18.5 Å². The van der Waals surface area contributed by atoms with E-state index >= 15 is 0 Å². The Morgan fingerprint density at radius 3 is 2.59 bits per heavy atom. The molecule has 2 atom stereocenters. The molecule has 0 spiro atoms. The van der Waals surface area contributed by atoms with Crippen molar-refractivity contribution in [3.8, 4) is 0 Å². The van der Waals surface area contributed by atoms with Crippen molar-refractivity contribution < 1.29 is 8.78 Å². The highest BCUT2D eigenvalue weighted by Crippen LogP contribution is 2.33. The molecule has 94 valence electrons. The second-order valence-corrected chi connectivity index (χ2v) is 4.90. The maximum absolute atomic E-state index is 13.3. The normalized spacial score (nSPS) is 25.8. The minimum absolute atomic E-state index is 0.00917. The smallest absolute Gasteiger partial charge is 0.159 e. The van der Waals surface area contributed by atoms with Crippen molar-refractivity contribution in [2.45, 2.75) is 38.4 Å². The molecule has 1 fully saturated rings. The maximum atomic E-state index is 13.3. The number of halogens is 2. The second kappa shape index (κ2) is 4.70. The van der Waals surface area contributed by atoms with Crippen LogP contribution in [-0.4, -0.2) is 23.5 Å². The fourth-order valence-electron chi connectivity index (χ4n) is 2.56. The summed E-state index contributed by atoms with van der Waals surface area (Å²) in [6, 6.07) is 4.40. The minimum Gasteiger partial charge on any atom is -0.326 e. The molecule has 1 aliphatic rings. The Labute approximate surface area is 100 Å². The summed E-state index contributed by atoms with van der Waals surface area (Å²) in [6.07, 6.45) is 0.891. The number of likely N-dealkylation sites (tertiary alicyclic amines) is 1. The predicted octanol–water partition coefficient (Wildman–Crippen LogP) is 2.45. The molecular formula is C13H18F2N2. The molecule has 2 nitrogen and oxygen atoms in total. The Balaban J connectivity index is 2.33. The van der Waals surface area contributed by atoms with Gasteiger partial charge < -0.3 is 5.73 Å². The molecule has 4 heteroatoms. The number of hydrogen-bond acceptors (Lipinski definition) is 2. The van der Waals surface area contributed by atoms with Crippen molar-refractivity contribution in [2.24, 2.45) is 5.73 Å². The zero-order valence-electron chi connectivity index (χ0n) is 10.2. The van der Waals surface area contributed by atoms with Gasteiger partial charge in [0, 0.05) is 18.6 Å². The molecule has 0 bridgehead atoms. The van der Waals surface area contributed by atoms with E-state index in [4.69, 9.17) is 5.73 Å². The molecule has 2 N–H and O–H groups in total. The summed E-state index contributed by atoms with van der Waals surface area (Å²) in [5.74, 6) is -1.61. The molecule has 0 saturated carbocycles. The van der Waals surface area contributed by atoms with Crippen LogP contribution in [0.5, 0.6) is 0 Å². The Bertz CT molecular complexity index is 406. The lowest BCUT2D eigenvalue weighted by Gasteiger charge is -2.30. The lowest BCUT2D eigenvalue weighted by molar-refractivity contribution is 0.197. The summed E-state index contributed by atoms with van der Waals surface area (Å²) in [7, 11) is 0. The van der Waals surface area contributed by atoms with Crippen LogP contribution < -0.4 is 5.73 Å². The van der Waals surface area contributed by atoms with Gasteiger partial charge in [-0.2, -0.15) is 0 Å². The van der Waals surface area contributed by atoms with Crippen LogP contribution in [0.1, 0.15) is 31.9 Å². The highest BCUT2D eigenvalue weighted by Gasteiger charge is 2.34. The van der Waals surface area contributed by atoms with Gasteiger partial charge in [0.15, 0.2) is 11.6 Å². The van der Waals surface area contributed by atoms with E-state index < -0.39 is 11.6 Å². The summed E-state index contributed by atoms with van der Waals surface area (Å²) < 4.78 is 26.2. The van der Waals surface area contributed by atoms with E-state index in [1.54, 1.807) is 6.07 Å². The van der Waals surface area contributed by atoms with Crippen LogP contribution in [0.2, 0.25) is 0 Å². The third-order valence-electron chi connectivity index (χ3n) is 3.43. The van der Waals surface area contributed by atoms with Gasteiger partial charge in [-0.1, -0.05) is 6.07 Å². The number of hydrogen-bond donors (Lipinski definition) is 1. The highest BCUT2D eigenvalue weighted by atomic mass is 19.2. The highest BCUT2D eigenvalue weighted by molar-refractivity contribution is 5.24. The first-order valence-electron chi connectivity index (χ1n) is 5.97. The average molecular weight is 240 g/mol. The second-order valence-electron chi connectivity index (χ2n) is 4.90. The predicted molar refractivity (Wildman–Crippen MR) is 63.5 cm³/mol. The maximum Gasteiger partial charge on any atom is 0.159 e. The lowest BCUT2D eigenvalue weighted by Crippen LogP contribution is -2.36. The molecule has 0 aliphatic carbocycles. The van der Waals surface area contributed by atoms with Gasteiger partial charge in [0.1, 0.15) is 0 Å². The molecule has 0 aromatic heterocycles. The lowest BCUT2D eigenvalue weighted by atomic mass is 10.00. The fourth-order valence-corrected chi connectivity index (χ4v) is 2.56. The van der Waals surface area contributed by atoms with Crippen LogP contribution in [0.25, 0.3) is 0 Å². The van der Waals surface area contributed by atoms with Crippen LogP contribution in [-0.2, 0) is 0 Å². The van der Waals surface area contributed by atoms with E-state index in [-0.39, 0.29) is 12.1 Å². The molecule has 1 aromatic rings. The number of nitrogens with two attached hydrogens (primary N) is 1. The number of nitrogens with zero attached hydrogens (tertiary/aromatic N) is 1. The summed E-state index contributed by atoms with van der Waals surface area (Å²) >= 11 is 0. The number of benzene rings is 1. The quantitative estimate of drug-likeness (QED) is 0.860. The van der Waals surface area contributed by atoms with E-state index in [0.29, 0.717) is 6.04 Å². The summed E-state index contributed by atoms with van der Waals surface area (Å²) in [6.45, 7) is 5.08. The topological polar surface area (TPSA) is 29.3 Å². The average Bonchev–Trinajstić information content (AvgIpc) is 2.64. The molecular weight excluding hydrogens is 222 g/mol. The monoisotopic (exact) mass is 240 g/mol. The number of rotatable bonds is 2. The molecule has 2 rings (SSSR count). The SMILES string of the molecule is CC(C)N1CC[C@H](N)[C@@H]1c1ccc(F)c(F)c1. The van der Waals surface area contributed by atoms with Crippen molar-refractivity contribution in [1.29, 1.82) is 0 Å². The van der Waals surface area contributed by atoms with Gasteiger partial charge in [0.2, 0.25) is 0 Å². The first kappa shape index (κ1) is 12.5. The zero-order valence-corrected chi connectivity index (χ0v) is 10.2. The van der Waals surface area contributed by atoms with Crippen LogP contribution in [0, 0.1) is 11.6 Å². The van der Waals surface area contributed by atoms with Crippen LogP contribution in [0.15, 0.2) is 18.2 Å². The standard InChI is InChI=1S/C13H18F2N2/c1-8(2)17-6-5-12(16)13(17)9-3-4-10(14)11(15)7-9/h3-4,7-8,12-13H,5-6,16H2,1-2H3/t12-,13-/m0/s1. The van der Waals surface area contributed by atoms with E-state index in [2.05, 4.69) is 18.7 Å². The molecule has 1 aromatic carbocycles. The van der Waals surface area contributed by atoms with Gasteiger partial charge in [0.05, 0.1) is 6.04 Å². The van der Waals surface area contributed by atoms with Gasteiger partial charge in [-0.05, 0) is 38.0 Å². The minimum atomic E-state index is -0.809. The van der Waals surface area contributed by atoms with Gasteiger partial charge in [0.25, 0.3) is 0 Å². The zero-order chi connectivity index (χ0) is 12.6. The Morgan fingerprint density at radius 1 is 1.29 bits per heavy atom. The molecule has 0 amide bonds. The van der Waals surface area contributed by atoms with Crippen molar-refractivity contribution in [2.75, 3.05) is 6.54 Å². The van der Waals surface area contributed by atoms with Gasteiger partial charge in [-0.25, -0.2) is 8.78 Å².